The molecular formula is C13H15FN4O2. The highest BCUT2D eigenvalue weighted by Crippen LogP contribution is 2.11. The van der Waals surface area contributed by atoms with Crippen LogP contribution >= 0.6 is 0 Å². The SMILES string of the molecule is CN(Cc1ccccc1F)c1nn(C)c(=O)n(C)c1=O. The maximum absolute atomic E-state index is 13.6. The third-order valence-electron chi connectivity index (χ3n) is 3.03. The largest absolute Gasteiger partial charge is 0.349 e. The molecule has 0 N–H and O–H groups in total. The van der Waals surface area contributed by atoms with Gasteiger partial charge in [0, 0.05) is 33.3 Å². The lowest BCUT2D eigenvalue weighted by Crippen LogP contribution is -2.42. The molecule has 0 radical (unpaired) electrons. The molecular weight excluding hydrogens is 263 g/mol. The normalized spacial score (nSPS) is 10.6. The molecule has 0 unspecified atom stereocenters. The number of halogens is 1. The summed E-state index contributed by atoms with van der Waals surface area (Å²) in [5, 5.41) is 3.93. The van der Waals surface area contributed by atoms with Crippen molar-refractivity contribution in [3.8, 4) is 0 Å². The van der Waals surface area contributed by atoms with E-state index in [0.29, 0.717) is 5.56 Å². The third-order valence-corrected chi connectivity index (χ3v) is 3.03. The zero-order valence-corrected chi connectivity index (χ0v) is 11.5. The summed E-state index contributed by atoms with van der Waals surface area (Å²) in [6.45, 7) is 0.188. The molecule has 6 nitrogen and oxygen atoms in total. The van der Waals surface area contributed by atoms with Crippen molar-refractivity contribution in [2.45, 2.75) is 6.54 Å². The zero-order chi connectivity index (χ0) is 14.9. The monoisotopic (exact) mass is 278 g/mol. The Morgan fingerprint density at radius 2 is 1.90 bits per heavy atom. The van der Waals surface area contributed by atoms with Gasteiger partial charge in [-0.2, -0.15) is 0 Å². The molecule has 0 amide bonds. The van der Waals surface area contributed by atoms with Crippen LogP contribution in [-0.4, -0.2) is 21.4 Å². The van der Waals surface area contributed by atoms with Crippen LogP contribution in [0.4, 0.5) is 10.2 Å². The molecule has 0 atom stereocenters. The summed E-state index contributed by atoms with van der Waals surface area (Å²) in [5.41, 5.74) is -0.558. The van der Waals surface area contributed by atoms with E-state index >= 15 is 0 Å². The molecule has 1 heterocycles. The Morgan fingerprint density at radius 1 is 1.25 bits per heavy atom. The number of benzene rings is 1. The highest BCUT2D eigenvalue weighted by atomic mass is 19.1. The van der Waals surface area contributed by atoms with E-state index in [1.54, 1.807) is 25.2 Å². The fraction of sp³-hybridized carbons (Fsp3) is 0.308. The van der Waals surface area contributed by atoms with Gasteiger partial charge < -0.3 is 4.90 Å². The van der Waals surface area contributed by atoms with Crippen LogP contribution in [0.25, 0.3) is 0 Å². The fourth-order valence-corrected chi connectivity index (χ4v) is 1.88. The van der Waals surface area contributed by atoms with Gasteiger partial charge in [0.15, 0.2) is 0 Å². The Bertz CT molecular complexity index is 751. The van der Waals surface area contributed by atoms with Crippen LogP contribution in [-0.2, 0) is 20.6 Å². The predicted octanol–water partition coefficient (Wildman–Crippen LogP) is 0.254. The fourth-order valence-electron chi connectivity index (χ4n) is 1.88. The summed E-state index contributed by atoms with van der Waals surface area (Å²) in [7, 11) is 4.47. The minimum absolute atomic E-state index is 0.0952. The Morgan fingerprint density at radius 3 is 2.55 bits per heavy atom. The number of aryl methyl sites for hydroxylation is 1. The van der Waals surface area contributed by atoms with E-state index in [-0.39, 0.29) is 18.2 Å². The lowest BCUT2D eigenvalue weighted by Gasteiger charge is -2.18. The van der Waals surface area contributed by atoms with Crippen molar-refractivity contribution >= 4 is 5.82 Å². The molecule has 0 saturated heterocycles. The second kappa shape index (κ2) is 5.28. The number of hydrogen-bond donors (Lipinski definition) is 0. The van der Waals surface area contributed by atoms with E-state index in [1.807, 2.05) is 0 Å². The van der Waals surface area contributed by atoms with Crippen molar-refractivity contribution < 1.29 is 4.39 Å². The van der Waals surface area contributed by atoms with Crippen molar-refractivity contribution in [2.24, 2.45) is 14.1 Å². The molecule has 0 fully saturated rings. The van der Waals surface area contributed by atoms with E-state index < -0.39 is 11.2 Å². The molecule has 0 bridgehead atoms. The molecule has 20 heavy (non-hydrogen) atoms. The molecule has 0 aliphatic heterocycles. The first-order valence-electron chi connectivity index (χ1n) is 6.00. The number of hydrogen-bond acceptors (Lipinski definition) is 4. The summed E-state index contributed by atoms with van der Waals surface area (Å²) in [6, 6.07) is 6.31. The summed E-state index contributed by atoms with van der Waals surface area (Å²) in [4.78, 5) is 25.1. The first-order chi connectivity index (χ1) is 9.41. The van der Waals surface area contributed by atoms with Gasteiger partial charge >= 0.3 is 5.69 Å². The zero-order valence-electron chi connectivity index (χ0n) is 11.5. The van der Waals surface area contributed by atoms with Crippen molar-refractivity contribution in [1.29, 1.82) is 0 Å². The minimum Gasteiger partial charge on any atom is -0.349 e. The van der Waals surface area contributed by atoms with Crippen LogP contribution in [0.2, 0.25) is 0 Å². The lowest BCUT2D eigenvalue weighted by molar-refractivity contribution is 0.585. The quantitative estimate of drug-likeness (QED) is 0.808. The van der Waals surface area contributed by atoms with E-state index in [0.717, 1.165) is 9.25 Å². The Hall–Kier alpha value is -2.44. The van der Waals surface area contributed by atoms with Crippen LogP contribution in [0.5, 0.6) is 0 Å². The number of nitrogens with zero attached hydrogens (tertiary/aromatic N) is 4. The molecule has 106 valence electrons. The van der Waals surface area contributed by atoms with E-state index in [1.165, 1.54) is 25.1 Å². The molecule has 2 aromatic rings. The Labute approximate surface area is 114 Å². The standard InChI is InChI=1S/C13H15FN4O2/c1-16(8-9-6-4-5-7-10(9)14)11-12(19)17(2)13(20)18(3)15-11/h4-7H,8H2,1-3H3. The Kier molecular flexibility index (Phi) is 3.69. The highest BCUT2D eigenvalue weighted by molar-refractivity contribution is 5.35. The van der Waals surface area contributed by atoms with Crippen LogP contribution < -0.4 is 16.1 Å². The van der Waals surface area contributed by atoms with E-state index in [9.17, 15) is 14.0 Å². The van der Waals surface area contributed by atoms with Crippen molar-refractivity contribution in [2.75, 3.05) is 11.9 Å². The van der Waals surface area contributed by atoms with Gasteiger partial charge in [-0.25, -0.2) is 13.9 Å². The molecule has 7 heteroatoms. The number of anilines is 1. The second-order valence-corrected chi connectivity index (χ2v) is 4.54. The number of aromatic nitrogens is 3. The van der Waals surface area contributed by atoms with Crippen molar-refractivity contribution in [3.05, 3.63) is 56.5 Å². The van der Waals surface area contributed by atoms with Crippen LogP contribution in [0.3, 0.4) is 0 Å². The third kappa shape index (κ3) is 2.47. The molecule has 2 rings (SSSR count). The highest BCUT2D eigenvalue weighted by Gasteiger charge is 2.14. The smallest absolute Gasteiger partial charge is 0.346 e. The summed E-state index contributed by atoms with van der Waals surface area (Å²) in [6.07, 6.45) is 0. The van der Waals surface area contributed by atoms with Gasteiger partial charge in [0.2, 0.25) is 5.82 Å². The molecule has 0 saturated carbocycles. The maximum Gasteiger partial charge on any atom is 0.346 e. The second-order valence-electron chi connectivity index (χ2n) is 4.54. The Balaban J connectivity index is 2.40. The summed E-state index contributed by atoms with van der Waals surface area (Å²) < 4.78 is 15.7. The molecule has 1 aromatic heterocycles. The van der Waals surface area contributed by atoms with Gasteiger partial charge in [0.05, 0.1) is 0 Å². The summed E-state index contributed by atoms with van der Waals surface area (Å²) in [5.74, 6) is -0.251. The molecule has 0 aliphatic rings. The number of rotatable bonds is 3. The minimum atomic E-state index is -0.507. The van der Waals surface area contributed by atoms with Gasteiger partial charge in [-0.05, 0) is 6.07 Å². The predicted molar refractivity (Wildman–Crippen MR) is 73.2 cm³/mol. The topological polar surface area (TPSA) is 60.1 Å². The van der Waals surface area contributed by atoms with Gasteiger partial charge in [-0.3, -0.25) is 9.36 Å². The average molecular weight is 278 g/mol. The van der Waals surface area contributed by atoms with Crippen LogP contribution in [0.15, 0.2) is 33.9 Å². The molecule has 1 aromatic carbocycles. The summed E-state index contributed by atoms with van der Waals surface area (Å²) >= 11 is 0. The van der Waals surface area contributed by atoms with Crippen LogP contribution in [0, 0.1) is 5.82 Å². The first-order valence-corrected chi connectivity index (χ1v) is 6.00. The average Bonchev–Trinajstić information content (AvgIpc) is 2.43. The van der Waals surface area contributed by atoms with Crippen molar-refractivity contribution in [3.63, 3.8) is 0 Å². The first kappa shape index (κ1) is 14.0. The molecule has 0 aliphatic carbocycles. The van der Waals surface area contributed by atoms with Gasteiger partial charge in [-0.1, -0.05) is 18.2 Å². The maximum atomic E-state index is 13.6. The van der Waals surface area contributed by atoms with Gasteiger partial charge in [-0.15, -0.1) is 5.10 Å². The van der Waals surface area contributed by atoms with Gasteiger partial charge in [0.25, 0.3) is 5.56 Å². The molecule has 0 spiro atoms. The lowest BCUT2D eigenvalue weighted by atomic mass is 10.2. The van der Waals surface area contributed by atoms with Gasteiger partial charge in [0.1, 0.15) is 5.82 Å². The van der Waals surface area contributed by atoms with E-state index in [2.05, 4.69) is 5.10 Å². The van der Waals surface area contributed by atoms with Crippen LogP contribution in [0.1, 0.15) is 5.56 Å². The van der Waals surface area contributed by atoms with E-state index in [4.69, 9.17) is 0 Å². The van der Waals surface area contributed by atoms with Crippen molar-refractivity contribution in [1.82, 2.24) is 14.3 Å².